The molecule has 0 N–H and O–H groups in total. The van der Waals surface area contributed by atoms with Gasteiger partial charge < -0.3 is 28.7 Å². The monoisotopic (exact) mass is 638 g/mol. The molecule has 4 atom stereocenters. The summed E-state index contributed by atoms with van der Waals surface area (Å²) in [5, 5.41) is 0.960. The van der Waals surface area contributed by atoms with E-state index in [0.717, 1.165) is 25.1 Å². The molecule has 3 aliphatic rings. The lowest BCUT2D eigenvalue weighted by Crippen LogP contribution is -2.55. The van der Waals surface area contributed by atoms with Gasteiger partial charge in [-0.2, -0.15) is 0 Å². The van der Waals surface area contributed by atoms with Crippen LogP contribution in [-0.4, -0.2) is 75.9 Å². The fourth-order valence-corrected chi connectivity index (χ4v) is 7.85. The third kappa shape index (κ3) is 5.53. The molecule has 0 bridgehead atoms. The molecule has 1 amide bonds. The predicted octanol–water partition coefficient (Wildman–Crippen LogP) is 6.83. The van der Waals surface area contributed by atoms with E-state index in [1.165, 1.54) is 17.5 Å². The molecule has 4 unspecified atom stereocenters. The number of halogens is 2. The summed E-state index contributed by atoms with van der Waals surface area (Å²) in [4.78, 5) is 18.5. The van der Waals surface area contributed by atoms with Gasteiger partial charge in [-0.05, 0) is 78.6 Å². The average molecular weight is 640 g/mol. The molecular weight excluding hydrogens is 599 g/mol. The number of carbonyl (C=O) groups excluding carboxylic acids is 1. The Bertz CT molecular complexity index is 1510. The number of hydrogen-bond acceptors (Lipinski definition) is 6. The molecular formula is C35H40Cl2N2O5. The van der Waals surface area contributed by atoms with E-state index in [0.29, 0.717) is 76.9 Å². The molecule has 1 saturated carbocycles. The topological polar surface area (TPSA) is 60.5 Å². The lowest BCUT2D eigenvalue weighted by Gasteiger charge is -2.49. The Labute approximate surface area is 269 Å². The van der Waals surface area contributed by atoms with Gasteiger partial charge in [0.05, 0.1) is 44.5 Å². The van der Waals surface area contributed by atoms with E-state index in [9.17, 15) is 4.79 Å². The minimum Gasteiger partial charge on any atom is -0.493 e. The third-order valence-corrected chi connectivity index (χ3v) is 10.7. The first-order valence-electron chi connectivity index (χ1n) is 15.3. The maximum atomic E-state index is 14.0. The van der Waals surface area contributed by atoms with E-state index in [1.54, 1.807) is 33.5 Å². The largest absolute Gasteiger partial charge is 0.493 e. The van der Waals surface area contributed by atoms with Crippen LogP contribution in [0.5, 0.6) is 17.2 Å². The van der Waals surface area contributed by atoms with Gasteiger partial charge in [-0.15, -0.1) is 0 Å². The Morgan fingerprint density at radius 1 is 1.02 bits per heavy atom. The number of benzene rings is 3. The molecule has 0 aromatic heterocycles. The molecule has 3 aromatic carbocycles. The van der Waals surface area contributed by atoms with Gasteiger partial charge in [0, 0.05) is 24.7 Å². The molecule has 44 heavy (non-hydrogen) atoms. The molecule has 234 valence electrons. The van der Waals surface area contributed by atoms with Crippen LogP contribution in [0.1, 0.15) is 52.7 Å². The van der Waals surface area contributed by atoms with Crippen LogP contribution in [0.25, 0.3) is 0 Å². The van der Waals surface area contributed by atoms with E-state index in [-0.39, 0.29) is 5.91 Å². The van der Waals surface area contributed by atoms with Crippen LogP contribution in [0.3, 0.4) is 0 Å². The Kier molecular flexibility index (Phi) is 9.02. The summed E-state index contributed by atoms with van der Waals surface area (Å²) < 4.78 is 23.2. The highest BCUT2D eigenvalue weighted by molar-refractivity contribution is 6.42. The smallest absolute Gasteiger partial charge is 0.254 e. The summed E-state index contributed by atoms with van der Waals surface area (Å²) >= 11 is 12.9. The van der Waals surface area contributed by atoms with Crippen molar-refractivity contribution in [1.82, 2.24) is 9.80 Å². The summed E-state index contributed by atoms with van der Waals surface area (Å²) in [6.07, 6.45) is 3.04. The van der Waals surface area contributed by atoms with Crippen molar-refractivity contribution in [2.75, 3.05) is 54.1 Å². The highest BCUT2D eigenvalue weighted by atomic mass is 35.5. The van der Waals surface area contributed by atoms with E-state index in [4.69, 9.17) is 42.1 Å². The Morgan fingerprint density at radius 3 is 2.45 bits per heavy atom. The fraction of sp³-hybridized carbons (Fsp3) is 0.457. The summed E-state index contributed by atoms with van der Waals surface area (Å²) in [5.41, 5.74) is 3.67. The number of hydrogen-bond donors (Lipinski definition) is 0. The quantitative estimate of drug-likeness (QED) is 0.243. The fourth-order valence-electron chi connectivity index (χ4n) is 7.55. The molecule has 1 aliphatic heterocycles. The van der Waals surface area contributed by atoms with Crippen LogP contribution >= 0.6 is 23.2 Å². The molecule has 1 heterocycles. The zero-order chi connectivity index (χ0) is 31.0. The van der Waals surface area contributed by atoms with Crippen molar-refractivity contribution in [1.29, 1.82) is 0 Å². The van der Waals surface area contributed by atoms with Gasteiger partial charge >= 0.3 is 0 Å². The first-order chi connectivity index (χ1) is 21.3. The molecule has 2 fully saturated rings. The van der Waals surface area contributed by atoms with Crippen molar-refractivity contribution in [3.63, 3.8) is 0 Å². The lowest BCUT2D eigenvalue weighted by molar-refractivity contribution is -0.116. The van der Waals surface area contributed by atoms with Crippen LogP contribution in [0.2, 0.25) is 10.0 Å². The normalized spacial score (nSPS) is 24.0. The number of carbonyl (C=O) groups is 1. The average Bonchev–Trinajstić information content (AvgIpc) is 3.34. The molecule has 9 heteroatoms. The van der Waals surface area contributed by atoms with Crippen molar-refractivity contribution in [3.05, 3.63) is 86.9 Å². The highest BCUT2D eigenvalue weighted by Crippen LogP contribution is 2.53. The van der Waals surface area contributed by atoms with Gasteiger partial charge in [-0.1, -0.05) is 60.5 Å². The maximum Gasteiger partial charge on any atom is 0.254 e. The van der Waals surface area contributed by atoms with Gasteiger partial charge in [-0.3, -0.25) is 4.79 Å². The zero-order valence-corrected chi connectivity index (χ0v) is 27.3. The van der Waals surface area contributed by atoms with Crippen LogP contribution in [0.4, 0.5) is 0 Å². The van der Waals surface area contributed by atoms with Gasteiger partial charge in [0.15, 0.2) is 11.5 Å². The number of nitrogens with zero attached hydrogens (tertiary/aromatic N) is 2. The molecule has 1 saturated heterocycles. The predicted molar refractivity (Wildman–Crippen MR) is 173 cm³/mol. The molecule has 7 nitrogen and oxygen atoms in total. The zero-order valence-electron chi connectivity index (χ0n) is 25.8. The van der Waals surface area contributed by atoms with E-state index in [2.05, 4.69) is 36.1 Å². The summed E-state index contributed by atoms with van der Waals surface area (Å²) in [6.45, 7) is 5.26. The third-order valence-electron chi connectivity index (χ3n) is 9.93. The van der Waals surface area contributed by atoms with E-state index in [1.807, 2.05) is 23.1 Å². The van der Waals surface area contributed by atoms with E-state index < -0.39 is 5.60 Å². The second-order valence-electron chi connectivity index (χ2n) is 12.0. The molecule has 3 aromatic rings. The highest BCUT2D eigenvalue weighted by Gasteiger charge is 2.49. The van der Waals surface area contributed by atoms with Crippen molar-refractivity contribution in [3.8, 4) is 17.2 Å². The Balaban J connectivity index is 1.26. The van der Waals surface area contributed by atoms with E-state index >= 15 is 0 Å². The maximum absolute atomic E-state index is 14.0. The second kappa shape index (κ2) is 12.8. The second-order valence-corrected chi connectivity index (χ2v) is 12.8. The van der Waals surface area contributed by atoms with Crippen LogP contribution < -0.4 is 14.2 Å². The van der Waals surface area contributed by atoms with Crippen molar-refractivity contribution in [2.24, 2.45) is 5.92 Å². The standard InChI is InChI=1S/C35H40Cl2N2O5/c1-5-38(30-20-26-25-9-7-6-8-22(25)16-27(26)30)13-12-35(24-10-11-28(36)29(37)19-24)21-39(14-15-44-35)34(40)23-17-31(41-2)33(43-4)32(18-23)42-3/h6-11,17-19,26-27,30H,5,12-16,20-21H2,1-4H3. The number of morpholine rings is 1. The molecule has 2 aliphatic carbocycles. The summed E-state index contributed by atoms with van der Waals surface area (Å²) in [7, 11) is 4.64. The molecule has 0 spiro atoms. The Hall–Kier alpha value is -2.97. The number of rotatable bonds is 10. The SMILES string of the molecule is CCN(CCC1(c2ccc(Cl)c(Cl)c2)CN(C(=O)c2cc(OC)c(OC)c(OC)c2)CCO1)C1CC2c3ccccc3CC21. The number of ether oxygens (including phenoxy) is 4. The van der Waals surface area contributed by atoms with Gasteiger partial charge in [0.1, 0.15) is 5.60 Å². The number of methoxy groups -OCH3 is 3. The molecule has 6 rings (SSSR count). The van der Waals surface area contributed by atoms with Gasteiger partial charge in [0.2, 0.25) is 5.75 Å². The van der Waals surface area contributed by atoms with Gasteiger partial charge in [-0.25, -0.2) is 0 Å². The number of fused-ring (bicyclic) bond motifs is 3. The first-order valence-corrected chi connectivity index (χ1v) is 16.1. The first kappa shape index (κ1) is 31.0. The summed E-state index contributed by atoms with van der Waals surface area (Å²) in [6, 6.07) is 18.5. The van der Waals surface area contributed by atoms with Gasteiger partial charge in [0.25, 0.3) is 5.91 Å². The van der Waals surface area contributed by atoms with Crippen LogP contribution in [0.15, 0.2) is 54.6 Å². The minimum atomic E-state index is -0.752. The van der Waals surface area contributed by atoms with Crippen molar-refractivity contribution >= 4 is 29.1 Å². The Morgan fingerprint density at radius 2 is 1.77 bits per heavy atom. The van der Waals surface area contributed by atoms with Crippen molar-refractivity contribution < 1.29 is 23.7 Å². The van der Waals surface area contributed by atoms with Crippen LogP contribution in [-0.2, 0) is 16.8 Å². The lowest BCUT2D eigenvalue weighted by atomic mass is 9.69. The minimum absolute atomic E-state index is 0.130. The van der Waals surface area contributed by atoms with Crippen molar-refractivity contribution in [2.45, 2.75) is 43.7 Å². The number of amides is 1. The molecule has 0 radical (unpaired) electrons. The summed E-state index contributed by atoms with van der Waals surface area (Å²) in [5.74, 6) is 2.50. The van der Waals surface area contributed by atoms with Crippen LogP contribution in [0, 0.1) is 5.92 Å².